The van der Waals surface area contributed by atoms with Crippen LogP contribution in [0.3, 0.4) is 0 Å². The predicted octanol–water partition coefficient (Wildman–Crippen LogP) is 5.04. The zero-order valence-electron chi connectivity index (χ0n) is 51.0. The molecule has 0 aliphatic carbocycles. The molecule has 2 aliphatic rings. The molecule has 1 fully saturated rings. The summed E-state index contributed by atoms with van der Waals surface area (Å²) in [5.74, 6) is 2.85. The lowest BCUT2D eigenvalue weighted by Crippen LogP contribution is -2.56. The van der Waals surface area contributed by atoms with Gasteiger partial charge in [0.15, 0.2) is 0 Å². The molecule has 2 amide bonds. The van der Waals surface area contributed by atoms with Crippen molar-refractivity contribution in [3.63, 3.8) is 0 Å². The molecule has 76 heavy (non-hydrogen) atoms. The van der Waals surface area contributed by atoms with E-state index in [4.69, 9.17) is 0 Å². The molecular formula is C56H94N12O8. The van der Waals surface area contributed by atoms with Gasteiger partial charge >= 0.3 is 11.4 Å². The summed E-state index contributed by atoms with van der Waals surface area (Å²) in [6, 6.07) is 2.07. The van der Waals surface area contributed by atoms with Gasteiger partial charge in [-0.25, -0.2) is 19.3 Å². The first-order chi connectivity index (χ1) is 34.8. The molecule has 0 aromatic carbocycles. The molecule has 2 atom stereocenters. The monoisotopic (exact) mass is 1060 g/mol. The zero-order chi connectivity index (χ0) is 59.3. The number of aryl methyl sites for hydroxylation is 5. The molecule has 20 nitrogen and oxygen atoms in total. The Hall–Kier alpha value is -6.44. The van der Waals surface area contributed by atoms with Gasteiger partial charge in [-0.2, -0.15) is 5.10 Å². The normalized spacial score (nSPS) is 15.6. The van der Waals surface area contributed by atoms with Crippen molar-refractivity contribution in [2.75, 3.05) is 41.4 Å². The van der Waals surface area contributed by atoms with Crippen molar-refractivity contribution < 1.29 is 9.59 Å². The van der Waals surface area contributed by atoms with Crippen LogP contribution in [0.5, 0.6) is 0 Å². The van der Waals surface area contributed by atoms with Gasteiger partial charge in [-0.05, 0) is 76.0 Å². The first-order valence-electron chi connectivity index (χ1n) is 26.1. The van der Waals surface area contributed by atoms with Crippen LogP contribution in [0.4, 0.5) is 0 Å². The number of aromatic nitrogens is 8. The van der Waals surface area contributed by atoms with E-state index in [-0.39, 0.29) is 63.7 Å². The third-order valence-electron chi connectivity index (χ3n) is 13.7. The first kappa shape index (κ1) is 67.6. The molecule has 0 radical (unpaired) electrons. The molecule has 0 bridgehead atoms. The van der Waals surface area contributed by atoms with Crippen LogP contribution in [-0.2, 0) is 51.9 Å². The van der Waals surface area contributed by atoms with E-state index in [9.17, 15) is 38.4 Å². The van der Waals surface area contributed by atoms with Crippen molar-refractivity contribution in [3.8, 4) is 0 Å². The molecule has 4 aromatic rings. The van der Waals surface area contributed by atoms with Crippen molar-refractivity contribution in [2.24, 2.45) is 60.0 Å². The van der Waals surface area contributed by atoms with Crippen molar-refractivity contribution >= 4 is 11.8 Å². The Morgan fingerprint density at radius 1 is 0.579 bits per heavy atom. The maximum absolute atomic E-state index is 11.8. The molecule has 1 saturated heterocycles. The average Bonchev–Trinajstić information content (AvgIpc) is 3.33. The minimum Gasteiger partial charge on any atom is -0.362 e. The Kier molecular flexibility index (Phi) is 25.9. The number of pyridine rings is 1. The summed E-state index contributed by atoms with van der Waals surface area (Å²) in [7, 11) is 17.5. The molecule has 0 N–H and O–H groups in total. The molecule has 20 heteroatoms. The van der Waals surface area contributed by atoms with Gasteiger partial charge in [0.05, 0.1) is 18.8 Å². The number of likely N-dealkylation sites (N-methyl/N-ethyl adjacent to an activating group) is 1. The van der Waals surface area contributed by atoms with E-state index in [2.05, 4.69) is 62.7 Å². The van der Waals surface area contributed by atoms with E-state index in [1.54, 1.807) is 40.5 Å². The summed E-state index contributed by atoms with van der Waals surface area (Å²) in [6.07, 6.45) is 5.45. The predicted molar refractivity (Wildman–Crippen MR) is 305 cm³/mol. The smallest absolute Gasteiger partial charge is 0.346 e. The maximum atomic E-state index is 11.8. The van der Waals surface area contributed by atoms with Gasteiger partial charge in [0.25, 0.3) is 28.1 Å². The minimum absolute atomic E-state index is 0.0329. The second-order valence-corrected chi connectivity index (χ2v) is 22.0. The van der Waals surface area contributed by atoms with Gasteiger partial charge in [0, 0.05) is 122 Å². The summed E-state index contributed by atoms with van der Waals surface area (Å²) < 4.78 is 8.10. The second-order valence-electron chi connectivity index (χ2n) is 22.0. The van der Waals surface area contributed by atoms with Crippen LogP contribution in [0, 0.1) is 38.5 Å². The van der Waals surface area contributed by atoms with Gasteiger partial charge in [0.1, 0.15) is 11.5 Å². The van der Waals surface area contributed by atoms with Gasteiger partial charge in [-0.1, -0.05) is 83.1 Å². The summed E-state index contributed by atoms with van der Waals surface area (Å²) in [5.41, 5.74) is 4.86. The molecule has 2 unspecified atom stereocenters. The van der Waals surface area contributed by atoms with Gasteiger partial charge in [-0.3, -0.25) is 47.4 Å². The maximum Gasteiger partial charge on any atom is 0.346 e. The molecule has 2 aliphatic heterocycles. The standard InChI is InChI=1S/C11H17NO.C10H20N2O.C9H14N2O2.C9H16N2O.C9H14N2O.C8H13N3O2/c1-7(2)10-8(3)6-9(4)12(5)11(10)13;1-7(2)9-6-11(4)8(3)12(5)10(9)13;1-6(2)7-5-10(3)9(13)11(4)8(7)12;1-7(2)8-5-10(3)6-11(4)9(8)12;1-6(2)8-5-10-7(3)11(4)9(8)12;1-5(2)6-7(12)10(3)8(13)11(4)9-6/h6-7H,1-5H3;7-9H,6H2,1-5H3;5-6H,1-4H3;5,7H,6H2,1-4H3;5-6H,1-4H3;5H,1-4H3. The van der Waals surface area contributed by atoms with Crippen molar-refractivity contribution in [2.45, 2.75) is 141 Å². The highest BCUT2D eigenvalue weighted by Crippen LogP contribution is 2.23. The molecular weight excluding hydrogens is 969 g/mol. The van der Waals surface area contributed by atoms with Crippen LogP contribution in [0.2, 0.25) is 0 Å². The number of hydrogen-bond donors (Lipinski definition) is 0. The highest BCUT2D eigenvalue weighted by atomic mass is 16.2. The molecule has 4 aromatic heterocycles. The zero-order valence-corrected chi connectivity index (χ0v) is 51.0. The number of carbonyl (C=O) groups excluding carboxylic acids is 2. The summed E-state index contributed by atoms with van der Waals surface area (Å²) >= 11 is 0. The summed E-state index contributed by atoms with van der Waals surface area (Å²) in [4.78, 5) is 104. The van der Waals surface area contributed by atoms with E-state index >= 15 is 0 Å². The van der Waals surface area contributed by atoms with Crippen molar-refractivity contribution in [1.29, 1.82) is 0 Å². The van der Waals surface area contributed by atoms with Gasteiger partial charge < -0.3 is 23.8 Å². The Labute approximate surface area is 451 Å². The number of rotatable bonds is 6. The Morgan fingerprint density at radius 2 is 1.09 bits per heavy atom. The fourth-order valence-corrected chi connectivity index (χ4v) is 8.19. The Morgan fingerprint density at radius 3 is 1.57 bits per heavy atom. The third-order valence-corrected chi connectivity index (χ3v) is 13.7. The van der Waals surface area contributed by atoms with Crippen LogP contribution < -0.4 is 33.6 Å². The largest absolute Gasteiger partial charge is 0.362 e. The number of nitrogens with zero attached hydrogens (tertiary/aromatic N) is 12. The quantitative estimate of drug-likeness (QED) is 0.249. The van der Waals surface area contributed by atoms with Crippen molar-refractivity contribution in [1.82, 2.24) is 57.2 Å². The van der Waals surface area contributed by atoms with Crippen LogP contribution in [-0.4, -0.2) is 117 Å². The first-order valence-corrected chi connectivity index (χ1v) is 26.1. The van der Waals surface area contributed by atoms with Crippen LogP contribution in [0.15, 0.2) is 59.0 Å². The highest BCUT2D eigenvalue weighted by molar-refractivity contribution is 5.94. The van der Waals surface area contributed by atoms with Crippen LogP contribution in [0.1, 0.15) is 153 Å². The summed E-state index contributed by atoms with van der Waals surface area (Å²) in [5, 5.41) is 3.90. The molecule has 0 spiro atoms. The third kappa shape index (κ3) is 17.6. The SMILES string of the molecule is CC(C)C1=CN(C)CN(C)C1=O.CC(C)C1CN(C)C(C)N(C)C1=O.CC(C)c1cn(C)c(=O)n(C)c1=O.CC(C)c1nn(C)c(=O)n(C)c1=O.Cc1cc(C)n(C)c(=O)c1C(C)C.Cc1ncc(C(C)C)c(=O)n1C. The van der Waals surface area contributed by atoms with E-state index in [1.165, 1.54) is 30.4 Å². The lowest BCUT2D eigenvalue weighted by atomic mass is 9.91. The van der Waals surface area contributed by atoms with E-state index in [0.29, 0.717) is 41.6 Å². The van der Waals surface area contributed by atoms with E-state index < -0.39 is 5.69 Å². The number of carbonyl (C=O) groups is 2. The fourth-order valence-electron chi connectivity index (χ4n) is 8.19. The van der Waals surface area contributed by atoms with E-state index in [1.807, 2.05) is 120 Å². The Balaban J connectivity index is 0.000000456. The highest BCUT2D eigenvalue weighted by Gasteiger charge is 2.35. The van der Waals surface area contributed by atoms with Crippen LogP contribution >= 0.6 is 0 Å². The lowest BCUT2D eigenvalue weighted by Gasteiger charge is -2.42. The molecule has 6 rings (SSSR count). The molecule has 6 heterocycles. The molecule has 426 valence electrons. The Bertz CT molecular complexity index is 2940. The topological polar surface area (TPSA) is 205 Å². The fraction of sp³-hybridized carbons (Fsp3) is 0.643. The van der Waals surface area contributed by atoms with Crippen molar-refractivity contribution in [3.05, 3.63) is 132 Å². The van der Waals surface area contributed by atoms with Crippen LogP contribution in [0.25, 0.3) is 0 Å². The molecule has 0 saturated carbocycles. The second kappa shape index (κ2) is 29.2. The van der Waals surface area contributed by atoms with E-state index in [0.717, 1.165) is 49.5 Å². The van der Waals surface area contributed by atoms with Gasteiger partial charge in [-0.15, -0.1) is 0 Å². The van der Waals surface area contributed by atoms with Gasteiger partial charge in [0.2, 0.25) is 5.91 Å². The number of hydrogen-bond acceptors (Lipinski definition) is 12. The minimum atomic E-state index is -0.394. The summed E-state index contributed by atoms with van der Waals surface area (Å²) in [6.45, 7) is 33.4. The lowest BCUT2D eigenvalue weighted by molar-refractivity contribution is -0.148. The average molecular weight is 1060 g/mol. The number of amides is 2.